The number of aromatic nitrogens is 1. The van der Waals surface area contributed by atoms with Gasteiger partial charge < -0.3 is 4.74 Å². The van der Waals surface area contributed by atoms with Crippen molar-refractivity contribution in [1.82, 2.24) is 4.98 Å². The van der Waals surface area contributed by atoms with Gasteiger partial charge in [-0.3, -0.25) is 10.1 Å². The van der Waals surface area contributed by atoms with E-state index in [1.54, 1.807) is 0 Å². The summed E-state index contributed by atoms with van der Waals surface area (Å²) in [5, 5.41) is 3.39. The van der Waals surface area contributed by atoms with Crippen LogP contribution in [-0.2, 0) is 4.79 Å². The Kier molecular flexibility index (Phi) is 4.63. The first-order valence-corrected chi connectivity index (χ1v) is 7.63. The third kappa shape index (κ3) is 3.61. The lowest BCUT2D eigenvalue weighted by Gasteiger charge is -2.13. The molecule has 112 valence electrons. The van der Waals surface area contributed by atoms with Crippen LogP contribution in [0.5, 0.6) is 5.75 Å². The van der Waals surface area contributed by atoms with E-state index < -0.39 is 0 Å². The third-order valence-electron chi connectivity index (χ3n) is 3.50. The van der Waals surface area contributed by atoms with Crippen LogP contribution in [0.25, 0.3) is 0 Å². The molecule has 0 fully saturated rings. The van der Waals surface area contributed by atoms with Crippen molar-refractivity contribution in [2.45, 2.75) is 34.6 Å². The summed E-state index contributed by atoms with van der Waals surface area (Å²) in [5.74, 6) is 0.598. The zero-order valence-electron chi connectivity index (χ0n) is 13.0. The molecule has 0 aliphatic carbocycles. The van der Waals surface area contributed by atoms with Gasteiger partial charge in [-0.05, 0) is 51.3 Å². The summed E-state index contributed by atoms with van der Waals surface area (Å²) in [5.41, 5.74) is 4.21. The van der Waals surface area contributed by atoms with E-state index in [-0.39, 0.29) is 12.5 Å². The van der Waals surface area contributed by atoms with Gasteiger partial charge >= 0.3 is 0 Å². The van der Waals surface area contributed by atoms with Crippen LogP contribution in [0.15, 0.2) is 12.1 Å². The molecule has 21 heavy (non-hydrogen) atoms. The highest BCUT2D eigenvalue weighted by molar-refractivity contribution is 7.15. The predicted octanol–water partition coefficient (Wildman–Crippen LogP) is 3.70. The van der Waals surface area contributed by atoms with Crippen LogP contribution in [0.2, 0.25) is 0 Å². The summed E-state index contributed by atoms with van der Waals surface area (Å²) in [6, 6.07) is 4.06. The van der Waals surface area contributed by atoms with E-state index in [1.807, 2.05) is 40.7 Å². The van der Waals surface area contributed by atoms with Crippen molar-refractivity contribution in [3.63, 3.8) is 0 Å². The number of rotatable bonds is 4. The van der Waals surface area contributed by atoms with E-state index in [0.717, 1.165) is 33.0 Å². The summed E-state index contributed by atoms with van der Waals surface area (Å²) in [4.78, 5) is 17.3. The van der Waals surface area contributed by atoms with Crippen LogP contribution < -0.4 is 10.1 Å². The van der Waals surface area contributed by atoms with Gasteiger partial charge in [0.1, 0.15) is 5.75 Å². The van der Waals surface area contributed by atoms with Gasteiger partial charge in [0, 0.05) is 4.88 Å². The van der Waals surface area contributed by atoms with Gasteiger partial charge in [-0.2, -0.15) is 0 Å². The first-order chi connectivity index (χ1) is 9.88. The van der Waals surface area contributed by atoms with Gasteiger partial charge in [0.15, 0.2) is 11.7 Å². The molecule has 0 bridgehead atoms. The fraction of sp³-hybridized carbons (Fsp3) is 0.375. The van der Waals surface area contributed by atoms with Crippen LogP contribution in [-0.4, -0.2) is 17.5 Å². The van der Waals surface area contributed by atoms with Crippen LogP contribution in [0, 0.1) is 34.6 Å². The second kappa shape index (κ2) is 6.26. The van der Waals surface area contributed by atoms with Crippen molar-refractivity contribution in [3.8, 4) is 5.75 Å². The highest BCUT2D eigenvalue weighted by atomic mass is 32.1. The van der Waals surface area contributed by atoms with Crippen LogP contribution in [0.4, 0.5) is 5.13 Å². The number of benzene rings is 1. The Bertz CT molecular complexity index is 658. The number of hydrogen-bond acceptors (Lipinski definition) is 4. The van der Waals surface area contributed by atoms with Gasteiger partial charge in [-0.1, -0.05) is 12.1 Å². The maximum atomic E-state index is 11.9. The summed E-state index contributed by atoms with van der Waals surface area (Å²) in [6.07, 6.45) is 0. The average Bonchev–Trinajstić information content (AvgIpc) is 2.73. The van der Waals surface area contributed by atoms with E-state index >= 15 is 0 Å². The van der Waals surface area contributed by atoms with E-state index in [9.17, 15) is 4.79 Å². The maximum absolute atomic E-state index is 11.9. The Morgan fingerprint density at radius 1 is 1.19 bits per heavy atom. The Morgan fingerprint density at radius 3 is 2.48 bits per heavy atom. The number of hydrogen-bond donors (Lipinski definition) is 1. The number of carbonyl (C=O) groups is 1. The lowest BCUT2D eigenvalue weighted by atomic mass is 10.1. The number of anilines is 1. The quantitative estimate of drug-likeness (QED) is 0.937. The Morgan fingerprint density at radius 2 is 1.86 bits per heavy atom. The molecule has 0 atom stereocenters. The van der Waals surface area contributed by atoms with Crippen molar-refractivity contribution in [3.05, 3.63) is 39.4 Å². The number of ether oxygens (including phenoxy) is 1. The maximum Gasteiger partial charge on any atom is 0.264 e. The number of nitrogens with zero attached hydrogens (tertiary/aromatic N) is 1. The first-order valence-electron chi connectivity index (χ1n) is 6.82. The highest BCUT2D eigenvalue weighted by Gasteiger charge is 2.11. The molecule has 2 rings (SSSR count). The van der Waals surface area contributed by atoms with Crippen molar-refractivity contribution in [2.75, 3.05) is 11.9 Å². The van der Waals surface area contributed by atoms with Crippen LogP contribution >= 0.6 is 11.3 Å². The Labute approximate surface area is 129 Å². The molecule has 4 nitrogen and oxygen atoms in total. The van der Waals surface area contributed by atoms with Gasteiger partial charge in [-0.25, -0.2) is 4.98 Å². The summed E-state index contributed by atoms with van der Waals surface area (Å²) in [6.45, 7) is 9.91. The molecule has 0 spiro atoms. The summed E-state index contributed by atoms with van der Waals surface area (Å²) < 4.78 is 5.68. The van der Waals surface area contributed by atoms with E-state index in [1.165, 1.54) is 11.3 Å². The monoisotopic (exact) mass is 304 g/mol. The predicted molar refractivity (Wildman–Crippen MR) is 86.4 cm³/mol. The minimum atomic E-state index is -0.191. The van der Waals surface area contributed by atoms with Crippen molar-refractivity contribution >= 4 is 22.4 Å². The normalized spacial score (nSPS) is 10.5. The summed E-state index contributed by atoms with van der Waals surface area (Å²) >= 11 is 1.47. The van der Waals surface area contributed by atoms with Gasteiger partial charge in [0.25, 0.3) is 5.91 Å². The Balaban J connectivity index is 2.00. The smallest absolute Gasteiger partial charge is 0.264 e. The molecule has 1 aromatic heterocycles. The SMILES string of the molecule is Cc1ccc(C)c(OCC(=O)Nc2nc(C)c(C)s2)c1C. The van der Waals surface area contributed by atoms with Crippen molar-refractivity contribution < 1.29 is 9.53 Å². The molecule has 1 heterocycles. The fourth-order valence-corrected chi connectivity index (χ4v) is 2.80. The largest absolute Gasteiger partial charge is 0.483 e. The zero-order valence-corrected chi connectivity index (χ0v) is 13.9. The molecule has 0 saturated carbocycles. The molecule has 1 amide bonds. The highest BCUT2D eigenvalue weighted by Crippen LogP contribution is 2.26. The lowest BCUT2D eigenvalue weighted by molar-refractivity contribution is -0.118. The number of amides is 1. The number of nitrogens with one attached hydrogen (secondary N) is 1. The van der Waals surface area contributed by atoms with Crippen LogP contribution in [0.1, 0.15) is 27.3 Å². The second-order valence-corrected chi connectivity index (χ2v) is 6.35. The van der Waals surface area contributed by atoms with Gasteiger partial charge in [-0.15, -0.1) is 11.3 Å². The first kappa shape index (κ1) is 15.5. The molecule has 0 radical (unpaired) electrons. The van der Waals surface area contributed by atoms with Gasteiger partial charge in [0.2, 0.25) is 0 Å². The Hall–Kier alpha value is -1.88. The molecule has 5 heteroatoms. The average molecular weight is 304 g/mol. The minimum absolute atomic E-state index is 0.0111. The molecule has 2 aromatic rings. The minimum Gasteiger partial charge on any atom is -0.483 e. The molecule has 1 aromatic carbocycles. The van der Waals surface area contributed by atoms with Crippen molar-refractivity contribution in [2.24, 2.45) is 0 Å². The van der Waals surface area contributed by atoms with Crippen molar-refractivity contribution in [1.29, 1.82) is 0 Å². The molecular formula is C16H20N2O2S. The summed E-state index contributed by atoms with van der Waals surface area (Å²) in [7, 11) is 0. The van der Waals surface area contributed by atoms with E-state index in [4.69, 9.17) is 4.74 Å². The topological polar surface area (TPSA) is 51.2 Å². The standard InChI is InChI=1S/C16H20N2O2S/c1-9-6-7-10(2)15(11(9)3)20-8-14(19)18-16-17-12(4)13(5)21-16/h6-7H,8H2,1-5H3,(H,17,18,19). The second-order valence-electron chi connectivity index (χ2n) is 5.15. The van der Waals surface area contributed by atoms with Crippen LogP contribution in [0.3, 0.4) is 0 Å². The van der Waals surface area contributed by atoms with E-state index in [0.29, 0.717) is 5.13 Å². The molecule has 1 N–H and O–H groups in total. The molecule has 0 unspecified atom stereocenters. The molecule has 0 aliphatic heterocycles. The number of aryl methyl sites for hydroxylation is 4. The van der Waals surface area contributed by atoms with E-state index in [2.05, 4.69) is 16.4 Å². The third-order valence-corrected chi connectivity index (χ3v) is 4.48. The number of carbonyl (C=O) groups excluding carboxylic acids is 1. The number of thiazole rings is 1. The molecule has 0 saturated heterocycles. The fourth-order valence-electron chi connectivity index (χ4n) is 1.97. The zero-order chi connectivity index (χ0) is 15.6. The van der Waals surface area contributed by atoms with Gasteiger partial charge in [0.05, 0.1) is 5.69 Å². The molecular weight excluding hydrogens is 284 g/mol. The molecule has 0 aliphatic rings. The lowest BCUT2D eigenvalue weighted by Crippen LogP contribution is -2.20.